The van der Waals surface area contributed by atoms with E-state index in [1.807, 2.05) is 37.3 Å². The van der Waals surface area contributed by atoms with E-state index in [4.69, 9.17) is 0 Å². The number of allylic oxidation sites excluding steroid dienone is 1. The minimum absolute atomic E-state index is 0.312. The average molecular weight is 276 g/mol. The number of thioether (sulfide) groups is 1. The van der Waals surface area contributed by atoms with Crippen molar-refractivity contribution in [3.63, 3.8) is 0 Å². The summed E-state index contributed by atoms with van der Waals surface area (Å²) in [4.78, 5) is 16.0. The number of hydrogen-bond donors (Lipinski definition) is 2. The van der Waals surface area contributed by atoms with Crippen molar-refractivity contribution in [2.45, 2.75) is 19.9 Å². The van der Waals surface area contributed by atoms with Crippen molar-refractivity contribution >= 4 is 22.9 Å². The Bertz CT molecular complexity index is 538. The average Bonchev–Trinajstić information content (AvgIpc) is 2.39. The van der Waals surface area contributed by atoms with Crippen LogP contribution < -0.4 is 5.32 Å². The third kappa shape index (κ3) is 2.98. The van der Waals surface area contributed by atoms with Crippen LogP contribution in [0.25, 0.3) is 0 Å². The number of carboxylic acid groups (broad SMARTS) is 1. The quantitative estimate of drug-likeness (QED) is 0.891. The molecule has 0 bridgehead atoms. The van der Waals surface area contributed by atoms with Crippen LogP contribution in [-0.2, 0) is 4.79 Å². The Morgan fingerprint density at radius 1 is 1.42 bits per heavy atom. The van der Waals surface area contributed by atoms with E-state index in [1.54, 1.807) is 18.7 Å². The summed E-state index contributed by atoms with van der Waals surface area (Å²) >= 11 is 1.58. The minimum atomic E-state index is -0.928. The summed E-state index contributed by atoms with van der Waals surface area (Å²) in [5, 5.41) is 13.2. The number of nitrogens with zero attached hydrogens (tertiary/aromatic N) is 1. The smallest absolute Gasteiger partial charge is 0.335 e. The number of nitrogens with one attached hydrogen (secondary N) is 1. The van der Waals surface area contributed by atoms with E-state index in [-0.39, 0.29) is 0 Å². The largest absolute Gasteiger partial charge is 0.478 e. The number of rotatable bonds is 3. The zero-order valence-electron chi connectivity index (χ0n) is 10.9. The van der Waals surface area contributed by atoms with Gasteiger partial charge in [0.25, 0.3) is 0 Å². The van der Waals surface area contributed by atoms with Crippen molar-refractivity contribution in [2.24, 2.45) is 4.99 Å². The van der Waals surface area contributed by atoms with Crippen molar-refractivity contribution < 1.29 is 9.90 Å². The van der Waals surface area contributed by atoms with E-state index < -0.39 is 12.0 Å². The normalized spacial score (nSPS) is 18.8. The highest BCUT2D eigenvalue weighted by atomic mass is 32.2. The summed E-state index contributed by atoms with van der Waals surface area (Å²) in [6.45, 7) is 3.82. The Labute approximate surface area is 116 Å². The molecule has 19 heavy (non-hydrogen) atoms. The molecule has 1 aliphatic rings. The Kier molecular flexibility index (Phi) is 4.27. The summed E-state index contributed by atoms with van der Waals surface area (Å²) in [5.41, 5.74) is 1.87. The van der Waals surface area contributed by atoms with Gasteiger partial charge in [-0.15, -0.1) is 0 Å². The SMILES string of the molecule is CCSC1=NC(c2ccccc2)C(C(=O)O)=C(C)N1. The second kappa shape index (κ2) is 5.93. The molecule has 0 aromatic heterocycles. The van der Waals surface area contributed by atoms with Gasteiger partial charge in [0.2, 0.25) is 0 Å². The molecule has 1 aliphatic heterocycles. The number of carbonyl (C=O) groups is 1. The molecule has 2 rings (SSSR count). The molecule has 4 nitrogen and oxygen atoms in total. The molecule has 0 aliphatic carbocycles. The fourth-order valence-electron chi connectivity index (χ4n) is 2.01. The summed E-state index contributed by atoms with van der Waals surface area (Å²) < 4.78 is 0. The molecule has 1 atom stereocenters. The van der Waals surface area contributed by atoms with Gasteiger partial charge in [-0.05, 0) is 18.2 Å². The van der Waals surface area contributed by atoms with Crippen LogP contribution in [0.2, 0.25) is 0 Å². The molecule has 1 unspecified atom stereocenters. The first-order valence-corrected chi connectivity index (χ1v) is 7.08. The second-order valence-electron chi connectivity index (χ2n) is 4.15. The van der Waals surface area contributed by atoms with Crippen LogP contribution in [0.15, 0.2) is 46.6 Å². The van der Waals surface area contributed by atoms with Crippen molar-refractivity contribution in [2.75, 3.05) is 5.75 Å². The maximum atomic E-state index is 11.4. The fraction of sp³-hybridized carbons (Fsp3) is 0.286. The van der Waals surface area contributed by atoms with Gasteiger partial charge >= 0.3 is 5.97 Å². The topological polar surface area (TPSA) is 61.7 Å². The number of amidine groups is 1. The van der Waals surface area contributed by atoms with E-state index in [0.29, 0.717) is 11.3 Å². The lowest BCUT2D eigenvalue weighted by Crippen LogP contribution is -2.29. The van der Waals surface area contributed by atoms with Crippen LogP contribution in [0.1, 0.15) is 25.5 Å². The van der Waals surface area contributed by atoms with Gasteiger partial charge in [-0.1, -0.05) is 49.0 Å². The molecule has 0 radical (unpaired) electrons. The number of hydrogen-bond acceptors (Lipinski definition) is 4. The van der Waals surface area contributed by atoms with Crippen LogP contribution in [0.4, 0.5) is 0 Å². The number of aliphatic imine (C=N–C) groups is 1. The van der Waals surface area contributed by atoms with E-state index >= 15 is 0 Å². The first kappa shape index (κ1) is 13.7. The van der Waals surface area contributed by atoms with Crippen LogP contribution in [-0.4, -0.2) is 22.0 Å². The molecule has 100 valence electrons. The Balaban J connectivity index is 2.44. The standard InChI is InChI=1S/C14H16N2O2S/c1-3-19-14-15-9(2)11(13(17)18)12(16-14)10-7-5-4-6-8-10/h4-8,12H,3H2,1-2H3,(H,15,16)(H,17,18). The zero-order valence-corrected chi connectivity index (χ0v) is 11.7. The Hall–Kier alpha value is -1.75. The first-order valence-electron chi connectivity index (χ1n) is 6.10. The van der Waals surface area contributed by atoms with Gasteiger partial charge in [0, 0.05) is 5.70 Å². The van der Waals surface area contributed by atoms with Crippen molar-refractivity contribution in [1.29, 1.82) is 0 Å². The number of carboxylic acids is 1. The molecule has 0 saturated heterocycles. The summed E-state index contributed by atoms with van der Waals surface area (Å²) in [5.74, 6) is -0.0357. The van der Waals surface area contributed by atoms with Crippen molar-refractivity contribution in [3.8, 4) is 0 Å². The minimum Gasteiger partial charge on any atom is -0.478 e. The lowest BCUT2D eigenvalue weighted by molar-refractivity contribution is -0.133. The maximum absolute atomic E-state index is 11.4. The molecule has 5 heteroatoms. The maximum Gasteiger partial charge on any atom is 0.335 e. The summed E-state index contributed by atoms with van der Waals surface area (Å²) in [6.07, 6.45) is 0. The summed E-state index contributed by atoms with van der Waals surface area (Å²) in [7, 11) is 0. The molecular formula is C14H16N2O2S. The number of benzene rings is 1. The molecule has 0 fully saturated rings. The fourth-order valence-corrected chi connectivity index (χ4v) is 2.69. The molecule has 2 N–H and O–H groups in total. The predicted octanol–water partition coefficient (Wildman–Crippen LogP) is 2.80. The van der Waals surface area contributed by atoms with Crippen LogP contribution in [0.5, 0.6) is 0 Å². The van der Waals surface area contributed by atoms with Crippen LogP contribution in [0.3, 0.4) is 0 Å². The third-order valence-corrected chi connectivity index (χ3v) is 3.61. The van der Waals surface area contributed by atoms with Crippen LogP contribution >= 0.6 is 11.8 Å². The molecule has 0 saturated carbocycles. The van der Waals surface area contributed by atoms with Gasteiger partial charge in [0.1, 0.15) is 6.04 Å². The van der Waals surface area contributed by atoms with Gasteiger partial charge in [-0.2, -0.15) is 0 Å². The van der Waals surface area contributed by atoms with E-state index in [1.165, 1.54) is 0 Å². The Morgan fingerprint density at radius 3 is 2.68 bits per heavy atom. The molecule has 1 heterocycles. The molecule has 1 aromatic carbocycles. The van der Waals surface area contributed by atoms with Gasteiger partial charge in [0.05, 0.1) is 5.57 Å². The summed E-state index contributed by atoms with van der Waals surface area (Å²) in [6, 6.07) is 9.08. The lowest BCUT2D eigenvalue weighted by atomic mass is 9.97. The molecule has 0 amide bonds. The molecule has 0 spiro atoms. The van der Waals surface area contributed by atoms with Crippen LogP contribution in [0, 0.1) is 0 Å². The highest BCUT2D eigenvalue weighted by molar-refractivity contribution is 8.13. The highest BCUT2D eigenvalue weighted by Crippen LogP contribution is 2.31. The third-order valence-electron chi connectivity index (χ3n) is 2.85. The predicted molar refractivity (Wildman–Crippen MR) is 78.2 cm³/mol. The Morgan fingerprint density at radius 2 is 2.11 bits per heavy atom. The monoisotopic (exact) mass is 276 g/mol. The first-order chi connectivity index (χ1) is 9.13. The van der Waals surface area contributed by atoms with Crippen molar-refractivity contribution in [1.82, 2.24) is 5.32 Å². The van der Waals surface area contributed by atoms with Gasteiger partial charge in [0.15, 0.2) is 5.17 Å². The number of aliphatic carboxylic acids is 1. The van der Waals surface area contributed by atoms with Gasteiger partial charge < -0.3 is 10.4 Å². The lowest BCUT2D eigenvalue weighted by Gasteiger charge is -2.24. The molecule has 1 aromatic rings. The highest BCUT2D eigenvalue weighted by Gasteiger charge is 2.28. The van der Waals surface area contributed by atoms with E-state index in [2.05, 4.69) is 10.3 Å². The van der Waals surface area contributed by atoms with Gasteiger partial charge in [-0.25, -0.2) is 9.79 Å². The van der Waals surface area contributed by atoms with Gasteiger partial charge in [-0.3, -0.25) is 0 Å². The van der Waals surface area contributed by atoms with E-state index in [9.17, 15) is 9.90 Å². The van der Waals surface area contributed by atoms with E-state index in [0.717, 1.165) is 16.5 Å². The molecular weight excluding hydrogens is 260 g/mol. The second-order valence-corrected chi connectivity index (χ2v) is 5.40. The zero-order chi connectivity index (χ0) is 13.8. The van der Waals surface area contributed by atoms with Crippen molar-refractivity contribution in [3.05, 3.63) is 47.2 Å².